The Bertz CT molecular complexity index is 853. The molecular formula is C21H23F3N2O2. The summed E-state index contributed by atoms with van der Waals surface area (Å²) in [5.74, 6) is -1.03. The molecule has 0 atom stereocenters. The van der Waals surface area contributed by atoms with Gasteiger partial charge in [0.15, 0.2) is 0 Å². The largest absolute Gasteiger partial charge is 0.416 e. The van der Waals surface area contributed by atoms with E-state index in [9.17, 15) is 22.8 Å². The smallest absolute Gasteiger partial charge is 0.325 e. The monoisotopic (exact) mass is 392 g/mol. The summed E-state index contributed by atoms with van der Waals surface area (Å²) in [6.45, 7) is 7.02. The third kappa shape index (κ3) is 5.58. The average molecular weight is 392 g/mol. The van der Waals surface area contributed by atoms with Crippen LogP contribution in [-0.2, 0) is 21.2 Å². The van der Waals surface area contributed by atoms with E-state index in [-0.39, 0.29) is 11.1 Å². The Hall–Kier alpha value is -2.83. The Morgan fingerprint density at radius 3 is 2.07 bits per heavy atom. The number of alkyl halides is 3. The third-order valence-corrected chi connectivity index (χ3v) is 4.20. The quantitative estimate of drug-likeness (QED) is 0.797. The molecule has 0 aliphatic heterocycles. The average Bonchev–Trinajstić information content (AvgIpc) is 2.58. The first-order valence-electron chi connectivity index (χ1n) is 8.73. The number of halogens is 3. The molecule has 0 unspecified atom stereocenters. The van der Waals surface area contributed by atoms with E-state index in [1.54, 1.807) is 12.1 Å². The molecule has 0 aliphatic carbocycles. The lowest BCUT2D eigenvalue weighted by Gasteiger charge is -2.22. The number of hydrogen-bond donors (Lipinski definition) is 1. The number of hydrogen-bond acceptors (Lipinski definition) is 2. The molecule has 2 aromatic carbocycles. The highest BCUT2D eigenvalue weighted by molar-refractivity contribution is 6.01. The maximum Gasteiger partial charge on any atom is 0.416 e. The van der Waals surface area contributed by atoms with Crippen LogP contribution in [0.5, 0.6) is 0 Å². The number of benzene rings is 2. The van der Waals surface area contributed by atoms with Crippen molar-refractivity contribution < 1.29 is 22.8 Å². The van der Waals surface area contributed by atoms with E-state index in [1.165, 1.54) is 19.1 Å². The molecule has 0 fully saturated rings. The molecule has 2 aromatic rings. The number of nitrogens with zero attached hydrogens (tertiary/aromatic N) is 1. The minimum atomic E-state index is -4.53. The molecule has 0 radical (unpaired) electrons. The van der Waals surface area contributed by atoms with Gasteiger partial charge in [-0.2, -0.15) is 13.2 Å². The number of rotatable bonds is 4. The van der Waals surface area contributed by atoms with Crippen molar-refractivity contribution in [3.8, 4) is 0 Å². The lowest BCUT2D eigenvalue weighted by Crippen LogP contribution is -2.36. The van der Waals surface area contributed by atoms with E-state index in [4.69, 9.17) is 0 Å². The van der Waals surface area contributed by atoms with Gasteiger partial charge in [-0.05, 0) is 41.3 Å². The van der Waals surface area contributed by atoms with Crippen LogP contribution in [0.15, 0.2) is 48.5 Å². The maximum atomic E-state index is 12.9. The van der Waals surface area contributed by atoms with Gasteiger partial charge in [0, 0.05) is 18.3 Å². The van der Waals surface area contributed by atoms with Crippen molar-refractivity contribution in [2.24, 2.45) is 0 Å². The van der Waals surface area contributed by atoms with Gasteiger partial charge in [-0.15, -0.1) is 0 Å². The number of amides is 2. The maximum absolute atomic E-state index is 12.9. The Balaban J connectivity index is 2.14. The van der Waals surface area contributed by atoms with E-state index < -0.39 is 30.1 Å². The lowest BCUT2D eigenvalue weighted by molar-refractivity contribution is -0.137. The zero-order chi connectivity index (χ0) is 21.1. The van der Waals surface area contributed by atoms with Crippen LogP contribution in [0.4, 0.5) is 24.5 Å². The molecule has 0 saturated heterocycles. The van der Waals surface area contributed by atoms with Crippen molar-refractivity contribution in [3.05, 3.63) is 59.7 Å². The first-order chi connectivity index (χ1) is 12.9. The van der Waals surface area contributed by atoms with Crippen LogP contribution in [0, 0.1) is 0 Å². The molecule has 7 heteroatoms. The molecule has 1 N–H and O–H groups in total. The molecular weight excluding hydrogens is 369 g/mol. The van der Waals surface area contributed by atoms with Gasteiger partial charge in [-0.1, -0.05) is 39.0 Å². The number of carbonyl (C=O) groups excluding carboxylic acids is 2. The summed E-state index contributed by atoms with van der Waals surface area (Å²) >= 11 is 0. The minimum absolute atomic E-state index is 0.0144. The van der Waals surface area contributed by atoms with Gasteiger partial charge in [0.2, 0.25) is 11.8 Å². The van der Waals surface area contributed by atoms with Crippen molar-refractivity contribution in [2.45, 2.75) is 39.3 Å². The Kier molecular flexibility index (Phi) is 6.17. The molecule has 2 rings (SSSR count). The summed E-state index contributed by atoms with van der Waals surface area (Å²) in [5, 5.41) is 2.67. The zero-order valence-electron chi connectivity index (χ0n) is 16.2. The van der Waals surface area contributed by atoms with E-state index in [0.29, 0.717) is 5.69 Å². The SMILES string of the molecule is CC(=O)N(CC(=O)Nc1ccc(C(C)(C)C)cc1)c1cccc(C(F)(F)F)c1. The van der Waals surface area contributed by atoms with Crippen LogP contribution in [0.1, 0.15) is 38.8 Å². The topological polar surface area (TPSA) is 49.4 Å². The van der Waals surface area contributed by atoms with Crippen LogP contribution in [0.25, 0.3) is 0 Å². The number of carbonyl (C=O) groups is 2. The van der Waals surface area contributed by atoms with Crippen LogP contribution in [-0.4, -0.2) is 18.4 Å². The van der Waals surface area contributed by atoms with Crippen molar-refractivity contribution in [2.75, 3.05) is 16.8 Å². The third-order valence-electron chi connectivity index (χ3n) is 4.20. The summed E-state index contributed by atoms with van der Waals surface area (Å²) in [6, 6.07) is 11.6. The predicted molar refractivity (Wildman–Crippen MR) is 103 cm³/mol. The fraction of sp³-hybridized carbons (Fsp3) is 0.333. The summed E-state index contributed by atoms with van der Waals surface area (Å²) in [7, 11) is 0. The molecule has 150 valence electrons. The lowest BCUT2D eigenvalue weighted by atomic mass is 9.87. The molecule has 0 aromatic heterocycles. The predicted octanol–water partition coefficient (Wildman–Crippen LogP) is 4.99. The molecule has 4 nitrogen and oxygen atoms in total. The van der Waals surface area contributed by atoms with Crippen molar-refractivity contribution in [1.29, 1.82) is 0 Å². The van der Waals surface area contributed by atoms with Gasteiger partial charge in [-0.3, -0.25) is 9.59 Å². The highest BCUT2D eigenvalue weighted by Crippen LogP contribution is 2.31. The second-order valence-electron chi connectivity index (χ2n) is 7.53. The highest BCUT2D eigenvalue weighted by atomic mass is 19.4. The second kappa shape index (κ2) is 8.04. The first-order valence-corrected chi connectivity index (χ1v) is 8.73. The summed E-state index contributed by atoms with van der Waals surface area (Å²) in [4.78, 5) is 25.3. The van der Waals surface area contributed by atoms with Gasteiger partial charge in [0.05, 0.1) is 5.56 Å². The molecule has 0 heterocycles. The molecule has 0 spiro atoms. The molecule has 0 aliphatic rings. The Labute approximate surface area is 162 Å². The van der Waals surface area contributed by atoms with Gasteiger partial charge in [0.1, 0.15) is 6.54 Å². The summed E-state index contributed by atoms with van der Waals surface area (Å²) in [5.41, 5.74) is 0.748. The first kappa shape index (κ1) is 21.5. The summed E-state index contributed by atoms with van der Waals surface area (Å²) < 4.78 is 38.7. The number of nitrogens with one attached hydrogen (secondary N) is 1. The molecule has 2 amide bonds. The van der Waals surface area contributed by atoms with E-state index in [0.717, 1.165) is 22.6 Å². The van der Waals surface area contributed by atoms with Crippen LogP contribution >= 0.6 is 0 Å². The van der Waals surface area contributed by atoms with E-state index in [2.05, 4.69) is 26.1 Å². The standard InChI is InChI=1S/C21H23F3N2O2/c1-14(27)26(18-7-5-6-16(12-18)21(22,23)24)13-19(28)25-17-10-8-15(9-11-17)20(2,3)4/h5-12H,13H2,1-4H3,(H,25,28). The van der Waals surface area contributed by atoms with Gasteiger partial charge < -0.3 is 10.2 Å². The summed E-state index contributed by atoms with van der Waals surface area (Å²) in [6.07, 6.45) is -4.53. The Morgan fingerprint density at radius 1 is 0.964 bits per heavy atom. The molecule has 0 bridgehead atoms. The fourth-order valence-electron chi connectivity index (χ4n) is 2.63. The van der Waals surface area contributed by atoms with Gasteiger partial charge >= 0.3 is 6.18 Å². The zero-order valence-corrected chi connectivity index (χ0v) is 16.2. The van der Waals surface area contributed by atoms with Crippen molar-refractivity contribution in [3.63, 3.8) is 0 Å². The van der Waals surface area contributed by atoms with Crippen molar-refractivity contribution in [1.82, 2.24) is 0 Å². The Morgan fingerprint density at radius 2 is 1.57 bits per heavy atom. The second-order valence-corrected chi connectivity index (χ2v) is 7.53. The van der Waals surface area contributed by atoms with Crippen LogP contribution in [0.3, 0.4) is 0 Å². The van der Waals surface area contributed by atoms with E-state index in [1.807, 2.05) is 12.1 Å². The van der Waals surface area contributed by atoms with E-state index >= 15 is 0 Å². The molecule has 28 heavy (non-hydrogen) atoms. The minimum Gasteiger partial charge on any atom is -0.325 e. The van der Waals surface area contributed by atoms with Gasteiger partial charge in [-0.25, -0.2) is 0 Å². The van der Waals surface area contributed by atoms with Crippen LogP contribution in [0.2, 0.25) is 0 Å². The normalized spacial score (nSPS) is 11.8. The fourth-order valence-corrected chi connectivity index (χ4v) is 2.63. The van der Waals surface area contributed by atoms with Crippen molar-refractivity contribution >= 4 is 23.2 Å². The van der Waals surface area contributed by atoms with Gasteiger partial charge in [0.25, 0.3) is 0 Å². The highest BCUT2D eigenvalue weighted by Gasteiger charge is 2.31. The van der Waals surface area contributed by atoms with Crippen LogP contribution < -0.4 is 10.2 Å². The number of anilines is 2. The molecule has 0 saturated carbocycles.